The molecule has 0 amide bonds. The predicted octanol–water partition coefficient (Wildman–Crippen LogP) is 3.49. The first-order valence-electron chi connectivity index (χ1n) is 7.36. The lowest BCUT2D eigenvalue weighted by atomic mass is 10.0. The Kier molecular flexibility index (Phi) is 4.99. The minimum Gasteiger partial charge on any atom is -0.616 e. The second-order valence-corrected chi connectivity index (χ2v) is 7.54. The van der Waals surface area contributed by atoms with E-state index in [1.165, 1.54) is 12.1 Å². The van der Waals surface area contributed by atoms with Gasteiger partial charge in [0.2, 0.25) is 0 Å². The van der Waals surface area contributed by atoms with E-state index in [1.54, 1.807) is 12.1 Å². The van der Waals surface area contributed by atoms with Gasteiger partial charge in [0.15, 0.2) is 0 Å². The van der Waals surface area contributed by atoms with E-state index in [2.05, 4.69) is 0 Å². The third kappa shape index (κ3) is 3.36. The molecule has 126 valence electrons. The van der Waals surface area contributed by atoms with Crippen LogP contribution < -0.4 is 4.90 Å². The smallest absolute Gasteiger partial charge is 0.338 e. The molecule has 0 aromatic heterocycles. The van der Waals surface area contributed by atoms with E-state index in [-0.39, 0.29) is 11.6 Å². The van der Waals surface area contributed by atoms with Crippen molar-refractivity contribution >= 4 is 34.4 Å². The molecule has 2 unspecified atom stereocenters. The Morgan fingerprint density at radius 3 is 2.75 bits per heavy atom. The fourth-order valence-electron chi connectivity index (χ4n) is 2.87. The van der Waals surface area contributed by atoms with E-state index >= 15 is 0 Å². The quantitative estimate of drug-likeness (QED) is 0.843. The van der Waals surface area contributed by atoms with Gasteiger partial charge in [0, 0.05) is 10.7 Å². The minimum atomic E-state index is -1.30. The van der Waals surface area contributed by atoms with Gasteiger partial charge >= 0.3 is 5.97 Å². The number of aromatic carboxylic acids is 1. The first-order valence-corrected chi connectivity index (χ1v) is 9.23. The molecule has 3 rings (SSSR count). The standard InChI is InChI=1S/C17H15ClFNO3S/c18-14-4-2-1-3-12(14)16-10-24(23)8-7-20(16)11-5-6-13(17(21)22)15(19)9-11/h1-6,9,16H,7-8,10H2,(H,21,22). The highest BCUT2D eigenvalue weighted by atomic mass is 35.5. The zero-order valence-electron chi connectivity index (χ0n) is 12.6. The first-order chi connectivity index (χ1) is 11.5. The van der Waals surface area contributed by atoms with Crippen molar-refractivity contribution < 1.29 is 18.8 Å². The average Bonchev–Trinajstić information content (AvgIpc) is 2.54. The van der Waals surface area contributed by atoms with Crippen molar-refractivity contribution in [3.63, 3.8) is 0 Å². The van der Waals surface area contributed by atoms with Gasteiger partial charge in [-0.3, -0.25) is 0 Å². The van der Waals surface area contributed by atoms with Crippen LogP contribution >= 0.6 is 11.6 Å². The van der Waals surface area contributed by atoms with Crippen LogP contribution in [0.4, 0.5) is 10.1 Å². The molecular weight excluding hydrogens is 353 g/mol. The lowest BCUT2D eigenvalue weighted by molar-refractivity contribution is 0.0692. The van der Waals surface area contributed by atoms with Crippen LogP contribution in [0.1, 0.15) is 22.0 Å². The summed E-state index contributed by atoms with van der Waals surface area (Å²) in [4.78, 5) is 12.9. The molecule has 1 N–H and O–H groups in total. The van der Waals surface area contributed by atoms with E-state index in [4.69, 9.17) is 16.7 Å². The van der Waals surface area contributed by atoms with Crippen LogP contribution in [0.3, 0.4) is 0 Å². The maximum Gasteiger partial charge on any atom is 0.338 e. The molecule has 0 bridgehead atoms. The molecule has 0 aliphatic carbocycles. The summed E-state index contributed by atoms with van der Waals surface area (Å²) in [6, 6.07) is 11.1. The maximum atomic E-state index is 14.0. The normalized spacial score (nSPS) is 20.9. The molecule has 0 saturated carbocycles. The number of hydrogen-bond donors (Lipinski definition) is 1. The molecule has 1 heterocycles. The van der Waals surface area contributed by atoms with Crippen molar-refractivity contribution in [2.45, 2.75) is 6.04 Å². The van der Waals surface area contributed by atoms with E-state index in [1.807, 2.05) is 23.1 Å². The van der Waals surface area contributed by atoms with Crippen LogP contribution in [0.25, 0.3) is 0 Å². The van der Waals surface area contributed by atoms with Crippen molar-refractivity contribution in [2.75, 3.05) is 23.0 Å². The highest BCUT2D eigenvalue weighted by Crippen LogP contribution is 2.35. The van der Waals surface area contributed by atoms with Crippen molar-refractivity contribution in [3.8, 4) is 0 Å². The van der Waals surface area contributed by atoms with Crippen molar-refractivity contribution in [1.82, 2.24) is 0 Å². The molecule has 2 aromatic carbocycles. The van der Waals surface area contributed by atoms with Crippen LogP contribution in [-0.4, -0.2) is 33.7 Å². The predicted molar refractivity (Wildman–Crippen MR) is 92.8 cm³/mol. The maximum absolute atomic E-state index is 14.0. The topological polar surface area (TPSA) is 63.6 Å². The van der Waals surface area contributed by atoms with Gasteiger partial charge in [-0.15, -0.1) is 0 Å². The number of rotatable bonds is 3. The average molecular weight is 368 g/mol. The molecule has 24 heavy (non-hydrogen) atoms. The van der Waals surface area contributed by atoms with Gasteiger partial charge in [0.1, 0.15) is 23.4 Å². The van der Waals surface area contributed by atoms with Gasteiger partial charge in [-0.05, 0) is 41.0 Å². The molecular formula is C17H15ClFNO3S. The molecule has 0 radical (unpaired) electrons. The van der Waals surface area contributed by atoms with Gasteiger partial charge in [-0.2, -0.15) is 0 Å². The highest BCUT2D eigenvalue weighted by molar-refractivity contribution is 7.91. The van der Waals surface area contributed by atoms with Gasteiger partial charge in [0.05, 0.1) is 12.1 Å². The zero-order chi connectivity index (χ0) is 17.3. The second kappa shape index (κ2) is 7.01. The molecule has 2 aromatic rings. The summed E-state index contributed by atoms with van der Waals surface area (Å²) in [6.45, 7) is 0.481. The minimum absolute atomic E-state index is 0.247. The number of carboxylic acid groups (broad SMARTS) is 1. The molecule has 1 aliphatic rings. The third-order valence-electron chi connectivity index (χ3n) is 4.06. The van der Waals surface area contributed by atoms with Gasteiger partial charge in [-0.1, -0.05) is 29.8 Å². The molecule has 2 atom stereocenters. The lowest BCUT2D eigenvalue weighted by Crippen LogP contribution is -2.43. The van der Waals surface area contributed by atoms with Crippen molar-refractivity contribution in [1.29, 1.82) is 0 Å². The Bertz CT molecular complexity index is 773. The fourth-order valence-corrected chi connectivity index (χ4v) is 4.41. The molecule has 1 fully saturated rings. The largest absolute Gasteiger partial charge is 0.616 e. The van der Waals surface area contributed by atoms with Crippen LogP contribution in [0, 0.1) is 5.82 Å². The summed E-state index contributed by atoms with van der Waals surface area (Å²) in [6.07, 6.45) is 0. The number of benzene rings is 2. The SMILES string of the molecule is O=C(O)c1ccc(N2CC[S+]([O-])CC2c2ccccc2Cl)cc1F. The van der Waals surface area contributed by atoms with Crippen LogP contribution in [0.15, 0.2) is 42.5 Å². The Morgan fingerprint density at radius 2 is 2.08 bits per heavy atom. The summed E-state index contributed by atoms with van der Waals surface area (Å²) < 4.78 is 26.1. The molecule has 0 spiro atoms. The third-order valence-corrected chi connectivity index (χ3v) is 5.73. The number of nitrogens with zero attached hydrogens (tertiary/aromatic N) is 1. The zero-order valence-corrected chi connectivity index (χ0v) is 14.2. The van der Waals surface area contributed by atoms with Gasteiger partial charge in [0.25, 0.3) is 0 Å². The number of carboxylic acids is 1. The van der Waals surface area contributed by atoms with E-state index in [9.17, 15) is 13.7 Å². The Labute approximate surface area is 147 Å². The highest BCUT2D eigenvalue weighted by Gasteiger charge is 2.33. The first kappa shape index (κ1) is 17.1. The van der Waals surface area contributed by atoms with Crippen LogP contribution in [0.2, 0.25) is 5.02 Å². The Hall–Kier alpha value is -1.76. The molecule has 4 nitrogen and oxygen atoms in total. The summed E-state index contributed by atoms with van der Waals surface area (Å²) in [5.74, 6) is -1.22. The summed E-state index contributed by atoms with van der Waals surface area (Å²) in [5, 5.41) is 9.52. The monoisotopic (exact) mass is 367 g/mol. The van der Waals surface area contributed by atoms with E-state index in [0.717, 1.165) is 5.56 Å². The van der Waals surface area contributed by atoms with Crippen LogP contribution in [0.5, 0.6) is 0 Å². The number of halogens is 2. The lowest BCUT2D eigenvalue weighted by Gasteiger charge is -2.38. The van der Waals surface area contributed by atoms with E-state index in [0.29, 0.717) is 28.8 Å². The van der Waals surface area contributed by atoms with E-state index < -0.39 is 23.0 Å². The second-order valence-electron chi connectivity index (χ2n) is 5.51. The number of anilines is 1. The molecule has 1 saturated heterocycles. The van der Waals surface area contributed by atoms with Crippen molar-refractivity contribution in [2.24, 2.45) is 0 Å². The van der Waals surface area contributed by atoms with Crippen LogP contribution in [-0.2, 0) is 11.2 Å². The van der Waals surface area contributed by atoms with Gasteiger partial charge in [-0.25, -0.2) is 9.18 Å². The number of carbonyl (C=O) groups is 1. The molecule has 7 heteroatoms. The van der Waals surface area contributed by atoms with Gasteiger partial charge < -0.3 is 14.6 Å². The molecule has 1 aliphatic heterocycles. The summed E-state index contributed by atoms with van der Waals surface area (Å²) in [5.41, 5.74) is 1.02. The van der Waals surface area contributed by atoms with Crippen molar-refractivity contribution in [3.05, 3.63) is 64.4 Å². The Morgan fingerprint density at radius 1 is 1.33 bits per heavy atom. The summed E-state index contributed by atoms with van der Waals surface area (Å²) >= 11 is 5.30. The summed E-state index contributed by atoms with van der Waals surface area (Å²) in [7, 11) is 0. The number of hydrogen-bond acceptors (Lipinski definition) is 3. The Balaban J connectivity index is 1.99. The fraction of sp³-hybridized carbons (Fsp3) is 0.235.